The van der Waals surface area contributed by atoms with Crippen molar-refractivity contribution in [1.82, 2.24) is 10.7 Å². The third-order valence-corrected chi connectivity index (χ3v) is 6.12. The van der Waals surface area contributed by atoms with Crippen molar-refractivity contribution in [3.05, 3.63) is 64.1 Å². The minimum atomic E-state index is -1.47. The van der Waals surface area contributed by atoms with Crippen LogP contribution in [0.3, 0.4) is 0 Å². The Morgan fingerprint density at radius 3 is 2.39 bits per heavy atom. The van der Waals surface area contributed by atoms with Gasteiger partial charge in [0.2, 0.25) is 0 Å². The van der Waals surface area contributed by atoms with Gasteiger partial charge in [0.05, 0.1) is 35.1 Å². The number of Topliss-reactive ketones (excluding diaryl/α,β-unsaturated/α-hetero) is 2. The Balaban J connectivity index is 1.74. The lowest BCUT2D eigenvalue weighted by Gasteiger charge is -2.36. The number of hydrogen-bond acceptors (Lipinski definition) is 7. The standard InChI is InChI=1S/C21H17Cl2N3O5/c1-31-21(30)18(28)14-16(10-7-8-12(22)13(23)9-10)24-19-15(17(14)27)20(29)26(25-19)11-5-3-2-4-6-11/h2-9,14-16,19,24-25H,1H3. The quantitative estimate of drug-likeness (QED) is 0.407. The molecule has 8 nitrogen and oxygen atoms in total. The maximum Gasteiger partial charge on any atom is 0.375 e. The first-order chi connectivity index (χ1) is 14.8. The molecule has 31 heavy (non-hydrogen) atoms. The van der Waals surface area contributed by atoms with E-state index in [1.54, 1.807) is 36.4 Å². The highest BCUT2D eigenvalue weighted by atomic mass is 35.5. The number of ether oxygens (including phenoxy) is 1. The molecular formula is C21H17Cl2N3O5. The molecule has 2 aliphatic heterocycles. The van der Waals surface area contributed by atoms with Crippen LogP contribution in [0.15, 0.2) is 48.5 Å². The summed E-state index contributed by atoms with van der Waals surface area (Å²) in [4.78, 5) is 51.2. The Kier molecular flexibility index (Phi) is 5.81. The second-order valence-corrected chi connectivity index (χ2v) is 7.96. The number of piperidine rings is 1. The third-order valence-electron chi connectivity index (χ3n) is 5.38. The summed E-state index contributed by atoms with van der Waals surface area (Å²) in [5.41, 5.74) is 3.99. The summed E-state index contributed by atoms with van der Waals surface area (Å²) in [7, 11) is 1.05. The van der Waals surface area contributed by atoms with Gasteiger partial charge in [-0.25, -0.2) is 15.2 Å². The van der Waals surface area contributed by atoms with Crippen molar-refractivity contribution in [1.29, 1.82) is 0 Å². The molecule has 2 N–H and O–H groups in total. The molecule has 0 saturated carbocycles. The molecule has 2 aromatic carbocycles. The lowest BCUT2D eigenvalue weighted by molar-refractivity contribution is -0.157. The Bertz CT molecular complexity index is 1080. The molecular weight excluding hydrogens is 445 g/mol. The second kappa shape index (κ2) is 8.39. The monoisotopic (exact) mass is 461 g/mol. The topological polar surface area (TPSA) is 105 Å². The van der Waals surface area contributed by atoms with Gasteiger partial charge >= 0.3 is 5.97 Å². The first-order valence-electron chi connectivity index (χ1n) is 9.35. The van der Waals surface area contributed by atoms with Crippen LogP contribution in [0, 0.1) is 11.8 Å². The number of halogens is 2. The highest BCUT2D eigenvalue weighted by Crippen LogP contribution is 2.38. The maximum atomic E-state index is 13.4. The van der Waals surface area contributed by atoms with Gasteiger partial charge in [0.25, 0.3) is 11.7 Å². The molecule has 160 valence electrons. The number of benzene rings is 2. The molecule has 4 rings (SSSR count). The molecule has 4 atom stereocenters. The maximum absolute atomic E-state index is 13.4. The predicted octanol–water partition coefficient (Wildman–Crippen LogP) is 2.06. The molecule has 2 heterocycles. The van der Waals surface area contributed by atoms with Crippen LogP contribution < -0.4 is 15.8 Å². The van der Waals surface area contributed by atoms with E-state index in [0.29, 0.717) is 16.3 Å². The third kappa shape index (κ3) is 3.72. The number of hydrazine groups is 1. The highest BCUT2D eigenvalue weighted by molar-refractivity contribution is 6.42. The number of esters is 1. The van der Waals surface area contributed by atoms with E-state index in [2.05, 4.69) is 15.5 Å². The van der Waals surface area contributed by atoms with Crippen LogP contribution >= 0.6 is 23.2 Å². The number of amides is 1. The van der Waals surface area contributed by atoms with Crippen molar-refractivity contribution in [3.8, 4) is 0 Å². The summed E-state index contributed by atoms with van der Waals surface area (Å²) in [6.07, 6.45) is -0.790. The summed E-state index contributed by atoms with van der Waals surface area (Å²) >= 11 is 12.1. The molecule has 0 aliphatic carbocycles. The van der Waals surface area contributed by atoms with Gasteiger partial charge in [0.15, 0.2) is 5.78 Å². The van der Waals surface area contributed by atoms with Crippen LogP contribution in [0.4, 0.5) is 5.69 Å². The molecule has 0 radical (unpaired) electrons. The first kappa shape index (κ1) is 21.5. The summed E-state index contributed by atoms with van der Waals surface area (Å²) in [5, 5.41) is 4.91. The van der Waals surface area contributed by atoms with Gasteiger partial charge < -0.3 is 4.74 Å². The van der Waals surface area contributed by atoms with Crippen LogP contribution in [0.5, 0.6) is 0 Å². The zero-order chi connectivity index (χ0) is 22.3. The van der Waals surface area contributed by atoms with Crippen molar-refractivity contribution >= 4 is 52.3 Å². The van der Waals surface area contributed by atoms with Crippen molar-refractivity contribution in [2.24, 2.45) is 11.8 Å². The number of methoxy groups -OCH3 is 1. The van der Waals surface area contributed by atoms with Crippen molar-refractivity contribution in [2.75, 3.05) is 12.1 Å². The van der Waals surface area contributed by atoms with E-state index in [1.807, 2.05) is 0 Å². The SMILES string of the molecule is COC(=O)C(=O)C1C(=O)C2C(=O)N(c3ccccc3)NC2NC1c1ccc(Cl)c(Cl)c1. The minimum absolute atomic E-state index is 0.223. The van der Waals surface area contributed by atoms with Crippen LogP contribution in [0.25, 0.3) is 0 Å². The van der Waals surface area contributed by atoms with E-state index in [9.17, 15) is 19.2 Å². The summed E-state index contributed by atoms with van der Waals surface area (Å²) in [6.45, 7) is 0. The first-order valence-corrected chi connectivity index (χ1v) is 10.1. The van der Waals surface area contributed by atoms with Crippen LogP contribution in [-0.4, -0.2) is 36.7 Å². The number of anilines is 1. The van der Waals surface area contributed by atoms with Crippen LogP contribution in [-0.2, 0) is 23.9 Å². The summed E-state index contributed by atoms with van der Waals surface area (Å²) in [5.74, 6) is -6.07. The van der Waals surface area contributed by atoms with Gasteiger partial charge in [-0.2, -0.15) is 0 Å². The fourth-order valence-corrected chi connectivity index (χ4v) is 4.21. The van der Waals surface area contributed by atoms with Gasteiger partial charge in [0, 0.05) is 0 Å². The number of nitrogens with zero attached hydrogens (tertiary/aromatic N) is 1. The number of carbonyl (C=O) groups excluding carboxylic acids is 4. The van der Waals surface area contributed by atoms with Crippen LogP contribution in [0.1, 0.15) is 11.6 Å². The van der Waals surface area contributed by atoms with Crippen molar-refractivity contribution < 1.29 is 23.9 Å². The molecule has 2 aromatic rings. The Morgan fingerprint density at radius 1 is 1.03 bits per heavy atom. The smallest absolute Gasteiger partial charge is 0.375 e. The zero-order valence-corrected chi connectivity index (χ0v) is 17.7. The number of rotatable bonds is 4. The lowest BCUT2D eigenvalue weighted by Crippen LogP contribution is -2.58. The fourth-order valence-electron chi connectivity index (χ4n) is 3.91. The van der Waals surface area contributed by atoms with Gasteiger partial charge in [-0.1, -0.05) is 47.5 Å². The molecule has 2 fully saturated rings. The number of nitrogens with one attached hydrogen (secondary N) is 2. The van der Waals surface area contributed by atoms with Gasteiger partial charge in [-0.3, -0.25) is 19.7 Å². The van der Waals surface area contributed by atoms with E-state index in [-0.39, 0.29) is 5.02 Å². The largest absolute Gasteiger partial charge is 0.463 e. The van der Waals surface area contributed by atoms with E-state index in [0.717, 1.165) is 7.11 Å². The Hall–Kier alpha value is -2.78. The van der Waals surface area contributed by atoms with E-state index in [1.165, 1.54) is 17.1 Å². The molecule has 4 unspecified atom stereocenters. The molecule has 2 saturated heterocycles. The molecule has 0 spiro atoms. The second-order valence-electron chi connectivity index (χ2n) is 7.15. The number of ketones is 2. The molecule has 2 aliphatic rings. The van der Waals surface area contributed by atoms with E-state index < -0.39 is 47.5 Å². The highest BCUT2D eigenvalue weighted by Gasteiger charge is 2.56. The van der Waals surface area contributed by atoms with Crippen molar-refractivity contribution in [2.45, 2.75) is 12.2 Å². The number of carbonyl (C=O) groups is 4. The number of fused-ring (bicyclic) bond motifs is 1. The van der Waals surface area contributed by atoms with Gasteiger partial charge in [-0.15, -0.1) is 0 Å². The minimum Gasteiger partial charge on any atom is -0.463 e. The summed E-state index contributed by atoms with van der Waals surface area (Å²) in [6, 6.07) is 12.4. The van der Waals surface area contributed by atoms with Crippen LogP contribution in [0.2, 0.25) is 10.0 Å². The fraction of sp³-hybridized carbons (Fsp3) is 0.238. The number of para-hydroxylation sites is 1. The van der Waals surface area contributed by atoms with Gasteiger partial charge in [0.1, 0.15) is 11.8 Å². The van der Waals surface area contributed by atoms with Crippen molar-refractivity contribution in [3.63, 3.8) is 0 Å². The Morgan fingerprint density at radius 2 is 1.74 bits per heavy atom. The number of hydrogen-bond donors (Lipinski definition) is 2. The zero-order valence-electron chi connectivity index (χ0n) is 16.2. The van der Waals surface area contributed by atoms with E-state index in [4.69, 9.17) is 23.2 Å². The average molecular weight is 462 g/mol. The van der Waals surface area contributed by atoms with E-state index >= 15 is 0 Å². The molecule has 10 heteroatoms. The molecule has 0 aromatic heterocycles. The summed E-state index contributed by atoms with van der Waals surface area (Å²) < 4.78 is 4.54. The normalized spacial score (nSPS) is 25.3. The lowest BCUT2D eigenvalue weighted by atomic mass is 9.76. The molecule has 1 amide bonds. The Labute approximate surface area is 187 Å². The predicted molar refractivity (Wildman–Crippen MR) is 112 cm³/mol. The molecule has 0 bridgehead atoms. The average Bonchev–Trinajstić information content (AvgIpc) is 3.11. The van der Waals surface area contributed by atoms with Gasteiger partial charge in [-0.05, 0) is 29.8 Å².